The number of aromatic hydroxyl groups is 1. The summed E-state index contributed by atoms with van der Waals surface area (Å²) in [5.41, 5.74) is 3.05. The summed E-state index contributed by atoms with van der Waals surface area (Å²) in [5, 5.41) is 16.5. The highest BCUT2D eigenvalue weighted by atomic mass is 16.6. The predicted octanol–water partition coefficient (Wildman–Crippen LogP) is 1.91. The van der Waals surface area contributed by atoms with Crippen LogP contribution in [-0.2, 0) is 14.4 Å². The first-order chi connectivity index (χ1) is 11.6. The summed E-state index contributed by atoms with van der Waals surface area (Å²) >= 11 is 0. The zero-order chi connectivity index (χ0) is 16.7. The van der Waals surface area contributed by atoms with Gasteiger partial charge in [0.05, 0.1) is 11.6 Å². The van der Waals surface area contributed by atoms with Gasteiger partial charge in [0.25, 0.3) is 0 Å². The number of phenolic OH excluding ortho intramolecular Hbond substituents is 1. The van der Waals surface area contributed by atoms with Crippen LogP contribution in [-0.4, -0.2) is 28.7 Å². The maximum absolute atomic E-state index is 12.1. The number of allylic oxidation sites excluding steroid dienone is 2. The van der Waals surface area contributed by atoms with Crippen LogP contribution in [0.15, 0.2) is 47.1 Å². The Morgan fingerprint density at radius 3 is 2.88 bits per heavy atom. The fourth-order valence-electron chi connectivity index (χ4n) is 3.32. The Morgan fingerprint density at radius 2 is 2.08 bits per heavy atom. The van der Waals surface area contributed by atoms with Crippen molar-refractivity contribution < 1.29 is 19.5 Å². The van der Waals surface area contributed by atoms with Gasteiger partial charge in [0, 0.05) is 24.0 Å². The van der Waals surface area contributed by atoms with Crippen molar-refractivity contribution in [2.24, 2.45) is 11.1 Å². The molecule has 2 unspecified atom stereocenters. The molecule has 2 N–H and O–H groups in total. The molecule has 0 bridgehead atoms. The molecule has 6 nitrogen and oxygen atoms in total. The predicted molar refractivity (Wildman–Crippen MR) is 87.0 cm³/mol. The minimum absolute atomic E-state index is 0.206. The van der Waals surface area contributed by atoms with Gasteiger partial charge in [-0.1, -0.05) is 29.4 Å². The van der Waals surface area contributed by atoms with Crippen LogP contribution >= 0.6 is 0 Å². The van der Waals surface area contributed by atoms with Gasteiger partial charge in [-0.05, 0) is 24.1 Å². The molecule has 24 heavy (non-hydrogen) atoms. The molecule has 1 aliphatic carbocycles. The Morgan fingerprint density at radius 1 is 1.25 bits per heavy atom. The summed E-state index contributed by atoms with van der Waals surface area (Å²) < 4.78 is 0. The lowest BCUT2D eigenvalue weighted by molar-refractivity contribution is -0.134. The molecule has 1 saturated heterocycles. The minimum atomic E-state index is -0.470. The first-order valence-electron chi connectivity index (χ1n) is 7.91. The lowest BCUT2D eigenvalue weighted by Gasteiger charge is -2.23. The average Bonchev–Trinajstić information content (AvgIpc) is 2.98. The summed E-state index contributed by atoms with van der Waals surface area (Å²) in [6.45, 7) is 0. The molecule has 1 aromatic carbocycles. The van der Waals surface area contributed by atoms with Crippen molar-refractivity contribution in [1.82, 2.24) is 5.32 Å². The van der Waals surface area contributed by atoms with Crippen molar-refractivity contribution >= 4 is 23.1 Å². The fraction of sp³-hybridized carbons (Fsp3) is 0.278. The third-order valence-corrected chi connectivity index (χ3v) is 4.57. The molecule has 2 heterocycles. The first kappa shape index (κ1) is 14.7. The molecule has 6 heteroatoms. The van der Waals surface area contributed by atoms with E-state index in [9.17, 15) is 14.7 Å². The molecule has 3 aliphatic rings. The van der Waals surface area contributed by atoms with Gasteiger partial charge in [-0.25, -0.2) is 0 Å². The van der Waals surface area contributed by atoms with Crippen molar-refractivity contribution in [3.63, 3.8) is 0 Å². The minimum Gasteiger partial charge on any atom is -0.507 e. The molecule has 1 aromatic rings. The van der Waals surface area contributed by atoms with Gasteiger partial charge in [-0.2, -0.15) is 0 Å². The summed E-state index contributed by atoms with van der Waals surface area (Å²) in [5.74, 6) is -0.839. The number of carbonyl (C=O) groups excluding carboxylic acids is 2. The van der Waals surface area contributed by atoms with E-state index in [1.54, 1.807) is 12.1 Å². The number of carbonyl (C=O) groups is 2. The van der Waals surface area contributed by atoms with E-state index in [2.05, 4.69) is 10.5 Å². The van der Waals surface area contributed by atoms with Crippen LogP contribution in [0.5, 0.6) is 5.75 Å². The van der Waals surface area contributed by atoms with Crippen LogP contribution in [0.1, 0.15) is 24.8 Å². The topological polar surface area (TPSA) is 88.0 Å². The van der Waals surface area contributed by atoms with Crippen LogP contribution < -0.4 is 5.32 Å². The van der Waals surface area contributed by atoms with E-state index in [-0.39, 0.29) is 23.7 Å². The Hall–Kier alpha value is -2.89. The number of piperidine rings is 1. The zero-order valence-electron chi connectivity index (χ0n) is 12.9. The number of benzene rings is 1. The standard InChI is InChI=1S/C18H16N2O4/c21-14-4-2-1-3-11(14)10-5-7-15-13(9-10)17(20-24-15)12-6-8-16(22)19-18(12)23/h1-5,9,12,15,21H,6-8H2,(H,19,22,23). The lowest BCUT2D eigenvalue weighted by atomic mass is 9.83. The van der Waals surface area contributed by atoms with Crippen molar-refractivity contribution in [2.45, 2.75) is 25.4 Å². The summed E-state index contributed by atoms with van der Waals surface area (Å²) in [6.07, 6.45) is 5.06. The molecular weight excluding hydrogens is 308 g/mol. The highest BCUT2D eigenvalue weighted by Crippen LogP contribution is 2.36. The number of para-hydroxylation sites is 1. The van der Waals surface area contributed by atoms with E-state index in [1.807, 2.05) is 24.3 Å². The van der Waals surface area contributed by atoms with Gasteiger partial charge in [-0.3, -0.25) is 14.9 Å². The van der Waals surface area contributed by atoms with E-state index in [0.29, 0.717) is 25.0 Å². The van der Waals surface area contributed by atoms with Gasteiger partial charge >= 0.3 is 0 Å². The van der Waals surface area contributed by atoms with E-state index in [0.717, 1.165) is 16.7 Å². The molecule has 2 aliphatic heterocycles. The number of oxime groups is 1. The number of hydrogen-bond acceptors (Lipinski definition) is 5. The normalized spacial score (nSPS) is 25.9. The van der Waals surface area contributed by atoms with Crippen molar-refractivity contribution in [1.29, 1.82) is 0 Å². The van der Waals surface area contributed by atoms with Crippen molar-refractivity contribution in [3.8, 4) is 5.75 Å². The number of imide groups is 1. The molecule has 0 saturated carbocycles. The van der Waals surface area contributed by atoms with Crippen LogP contribution in [0.2, 0.25) is 0 Å². The van der Waals surface area contributed by atoms with Gasteiger partial charge in [0.2, 0.25) is 11.8 Å². The summed E-state index contributed by atoms with van der Waals surface area (Å²) in [7, 11) is 0. The van der Waals surface area contributed by atoms with Gasteiger partial charge in [-0.15, -0.1) is 0 Å². The first-order valence-corrected chi connectivity index (χ1v) is 7.91. The quantitative estimate of drug-likeness (QED) is 0.814. The highest BCUT2D eigenvalue weighted by molar-refractivity contribution is 6.18. The van der Waals surface area contributed by atoms with Gasteiger partial charge in [0.15, 0.2) is 6.10 Å². The maximum Gasteiger partial charge on any atom is 0.235 e. The fourth-order valence-corrected chi connectivity index (χ4v) is 3.32. The molecule has 1 fully saturated rings. The Kier molecular flexibility index (Phi) is 3.45. The smallest absolute Gasteiger partial charge is 0.235 e. The maximum atomic E-state index is 12.1. The van der Waals surface area contributed by atoms with E-state index < -0.39 is 5.92 Å². The largest absolute Gasteiger partial charge is 0.507 e. The van der Waals surface area contributed by atoms with Crippen molar-refractivity contribution in [3.05, 3.63) is 47.6 Å². The lowest BCUT2D eigenvalue weighted by Crippen LogP contribution is -2.44. The number of nitrogens with one attached hydrogen (secondary N) is 1. The number of phenols is 1. The van der Waals surface area contributed by atoms with Gasteiger partial charge in [0.1, 0.15) is 5.75 Å². The molecule has 4 rings (SSSR count). The van der Waals surface area contributed by atoms with E-state index >= 15 is 0 Å². The van der Waals surface area contributed by atoms with Crippen LogP contribution in [0, 0.1) is 5.92 Å². The summed E-state index contributed by atoms with van der Waals surface area (Å²) in [4.78, 5) is 28.9. The number of nitrogens with zero attached hydrogens (tertiary/aromatic N) is 1. The molecule has 2 atom stereocenters. The van der Waals surface area contributed by atoms with Crippen LogP contribution in [0.25, 0.3) is 5.57 Å². The second-order valence-electron chi connectivity index (χ2n) is 6.09. The van der Waals surface area contributed by atoms with Crippen LogP contribution in [0.4, 0.5) is 0 Å². The second-order valence-corrected chi connectivity index (χ2v) is 6.09. The zero-order valence-corrected chi connectivity index (χ0v) is 12.9. The van der Waals surface area contributed by atoms with Gasteiger partial charge < -0.3 is 9.94 Å². The Labute approximate surface area is 138 Å². The Balaban J connectivity index is 1.66. The second kappa shape index (κ2) is 5.63. The van der Waals surface area contributed by atoms with E-state index in [4.69, 9.17) is 4.84 Å². The molecule has 0 radical (unpaired) electrons. The number of amides is 2. The number of rotatable bonds is 2. The van der Waals surface area contributed by atoms with E-state index in [1.165, 1.54) is 0 Å². The average molecular weight is 324 g/mol. The molecule has 0 aromatic heterocycles. The number of hydrogen-bond donors (Lipinski definition) is 2. The highest BCUT2D eigenvalue weighted by Gasteiger charge is 2.39. The SMILES string of the molecule is O=C1CCC(C2=NOC3CC=C(c4ccccc4O)C=C23)C(=O)N1. The summed E-state index contributed by atoms with van der Waals surface area (Å²) in [6, 6.07) is 7.12. The molecule has 0 spiro atoms. The van der Waals surface area contributed by atoms with Crippen molar-refractivity contribution in [2.75, 3.05) is 0 Å². The van der Waals surface area contributed by atoms with Crippen LogP contribution in [0.3, 0.4) is 0 Å². The molecule has 122 valence electrons. The molecule has 2 amide bonds. The monoisotopic (exact) mass is 324 g/mol. The number of fused-ring (bicyclic) bond motifs is 1. The molecular formula is C18H16N2O4. The third kappa shape index (κ3) is 2.40. The Bertz CT molecular complexity index is 822. The third-order valence-electron chi connectivity index (χ3n) is 4.57.